The number of esters is 1. The summed E-state index contributed by atoms with van der Waals surface area (Å²) in [6.45, 7) is 1.38. The number of carbonyl (C=O) groups excluding carboxylic acids is 2. The lowest BCUT2D eigenvalue weighted by Crippen LogP contribution is -2.44. The van der Waals surface area contributed by atoms with E-state index in [2.05, 4.69) is 5.10 Å². The second-order valence-corrected chi connectivity index (χ2v) is 12.4. The smallest absolute Gasteiger partial charge is 0.433 e. The van der Waals surface area contributed by atoms with Crippen molar-refractivity contribution in [2.75, 3.05) is 19.7 Å². The van der Waals surface area contributed by atoms with Crippen LogP contribution in [0.2, 0.25) is 10.0 Å². The Balaban J connectivity index is 1.69. The largest absolute Gasteiger partial charge is 0.466 e. The molecule has 2 aliphatic carbocycles. The van der Waals surface area contributed by atoms with Crippen LogP contribution in [0.5, 0.6) is 0 Å². The van der Waals surface area contributed by atoms with Crippen molar-refractivity contribution < 1.29 is 50.2 Å². The SMILES string of the molecule is CCOC(=O)C1(C)CCC(n2ncc(C(=O)N(CC(O)c3c(Cl)ccc(F)c3Cl)CC3(C(F)(F)F)CC3)c2C(F)(F)F)CC1. The molecule has 2 aliphatic rings. The number of rotatable bonds is 9. The first-order valence-corrected chi connectivity index (χ1v) is 14.6. The van der Waals surface area contributed by atoms with E-state index in [1.165, 1.54) is 0 Å². The van der Waals surface area contributed by atoms with Crippen LogP contribution < -0.4 is 0 Å². The molecule has 1 heterocycles. The summed E-state index contributed by atoms with van der Waals surface area (Å²) in [5.41, 5.74) is -6.23. The Morgan fingerprint density at radius 2 is 1.75 bits per heavy atom. The molecular formula is C28H30Cl2F7N3O4. The number of hydrogen-bond acceptors (Lipinski definition) is 5. The second-order valence-electron chi connectivity index (χ2n) is 11.6. The Hall–Kier alpha value is -2.58. The lowest BCUT2D eigenvalue weighted by molar-refractivity contribution is -0.190. The standard InChI is InChI=1S/C28H30Cl2F7N3O4/c1-3-44-24(43)25(2)8-6-15(7-9-25)40-22(27(32,33)34)16(12-38-40)23(42)39(14-26(10-11-26)28(35,36)37)13-19(41)20-17(29)4-5-18(31)21(20)30/h4-5,12,15,19,41H,3,6-11,13-14H2,1-2H3. The van der Waals surface area contributed by atoms with Crippen molar-refractivity contribution in [2.45, 2.75) is 76.9 Å². The van der Waals surface area contributed by atoms with Crippen LogP contribution in [0.25, 0.3) is 0 Å². The number of amides is 1. The van der Waals surface area contributed by atoms with Gasteiger partial charge in [-0.2, -0.15) is 31.4 Å². The van der Waals surface area contributed by atoms with Gasteiger partial charge in [0.2, 0.25) is 0 Å². The summed E-state index contributed by atoms with van der Waals surface area (Å²) in [5, 5.41) is 13.8. The quantitative estimate of drug-likeness (QED) is 0.169. The molecule has 244 valence electrons. The molecule has 7 nitrogen and oxygen atoms in total. The zero-order chi connectivity index (χ0) is 32.8. The van der Waals surface area contributed by atoms with Crippen molar-refractivity contribution in [3.8, 4) is 0 Å². The first-order chi connectivity index (χ1) is 20.3. The predicted molar refractivity (Wildman–Crippen MR) is 144 cm³/mol. The molecule has 0 radical (unpaired) electrons. The summed E-state index contributed by atoms with van der Waals surface area (Å²) in [7, 11) is 0. The van der Waals surface area contributed by atoms with Gasteiger partial charge in [0.25, 0.3) is 5.91 Å². The Morgan fingerprint density at radius 3 is 2.27 bits per heavy atom. The summed E-state index contributed by atoms with van der Waals surface area (Å²) in [5.74, 6) is -2.95. The molecule has 1 amide bonds. The number of aliphatic hydroxyl groups excluding tert-OH is 1. The molecule has 1 N–H and O–H groups in total. The molecule has 2 fully saturated rings. The number of ether oxygens (including phenoxy) is 1. The molecule has 2 aromatic rings. The van der Waals surface area contributed by atoms with Crippen molar-refractivity contribution in [2.24, 2.45) is 10.8 Å². The zero-order valence-corrected chi connectivity index (χ0v) is 25.2. The van der Waals surface area contributed by atoms with Crippen LogP contribution in [0.1, 0.15) is 86.1 Å². The summed E-state index contributed by atoms with van der Waals surface area (Å²) < 4.78 is 105. The van der Waals surface area contributed by atoms with Crippen molar-refractivity contribution in [1.29, 1.82) is 0 Å². The van der Waals surface area contributed by atoms with Crippen molar-refractivity contribution in [3.63, 3.8) is 0 Å². The summed E-state index contributed by atoms with van der Waals surface area (Å²) in [6, 6.07) is 1.05. The van der Waals surface area contributed by atoms with E-state index in [4.69, 9.17) is 27.9 Å². The highest BCUT2D eigenvalue weighted by atomic mass is 35.5. The Bertz CT molecular complexity index is 1400. The first kappa shape index (κ1) is 34.3. The number of benzene rings is 1. The molecule has 0 aliphatic heterocycles. The highest BCUT2D eigenvalue weighted by Gasteiger charge is 2.64. The van der Waals surface area contributed by atoms with Gasteiger partial charge in [0.1, 0.15) is 5.82 Å². The van der Waals surface area contributed by atoms with Crippen LogP contribution in [-0.2, 0) is 15.7 Å². The van der Waals surface area contributed by atoms with Crippen LogP contribution in [0.15, 0.2) is 18.3 Å². The van der Waals surface area contributed by atoms with E-state index in [9.17, 15) is 45.4 Å². The molecular weight excluding hydrogens is 646 g/mol. The van der Waals surface area contributed by atoms with Gasteiger partial charge in [-0.25, -0.2) is 4.39 Å². The van der Waals surface area contributed by atoms with Crippen LogP contribution in [0, 0.1) is 16.6 Å². The normalized spacial score (nSPS) is 22.4. The van der Waals surface area contributed by atoms with Gasteiger partial charge in [0.05, 0.1) is 52.9 Å². The average molecular weight is 676 g/mol. The second kappa shape index (κ2) is 12.3. The minimum atomic E-state index is -5.15. The van der Waals surface area contributed by atoms with Crippen LogP contribution >= 0.6 is 23.2 Å². The first-order valence-electron chi connectivity index (χ1n) is 13.8. The number of halogens is 9. The summed E-state index contributed by atoms with van der Waals surface area (Å²) >= 11 is 12.0. The number of alkyl halides is 6. The molecule has 1 aromatic heterocycles. The van der Waals surface area contributed by atoms with Gasteiger partial charge in [-0.15, -0.1) is 0 Å². The number of aliphatic hydroxyl groups is 1. The fourth-order valence-corrected chi connectivity index (χ4v) is 6.28. The van der Waals surface area contributed by atoms with E-state index >= 15 is 0 Å². The van der Waals surface area contributed by atoms with E-state index in [0.717, 1.165) is 12.1 Å². The van der Waals surface area contributed by atoms with E-state index < -0.39 is 88.0 Å². The number of carbonyl (C=O) groups is 2. The molecule has 0 saturated heterocycles. The molecule has 1 unspecified atom stereocenters. The third-order valence-corrected chi connectivity index (χ3v) is 9.22. The fraction of sp³-hybridized carbons (Fsp3) is 0.607. The highest BCUT2D eigenvalue weighted by molar-refractivity contribution is 6.36. The Labute approximate surface area is 258 Å². The maximum absolute atomic E-state index is 14.5. The van der Waals surface area contributed by atoms with Gasteiger partial charge in [0.15, 0.2) is 5.69 Å². The number of aromatic nitrogens is 2. The molecule has 1 aromatic carbocycles. The lowest BCUT2D eigenvalue weighted by atomic mass is 9.74. The topological polar surface area (TPSA) is 84.7 Å². The Kier molecular flexibility index (Phi) is 9.60. The minimum absolute atomic E-state index is 0.0872. The predicted octanol–water partition coefficient (Wildman–Crippen LogP) is 7.55. The van der Waals surface area contributed by atoms with E-state index in [-0.39, 0.29) is 50.2 Å². The van der Waals surface area contributed by atoms with E-state index in [0.29, 0.717) is 15.8 Å². The molecule has 2 saturated carbocycles. The van der Waals surface area contributed by atoms with Gasteiger partial charge in [-0.05, 0) is 64.5 Å². The monoisotopic (exact) mass is 675 g/mol. The highest BCUT2D eigenvalue weighted by Crippen LogP contribution is 2.58. The maximum atomic E-state index is 14.5. The number of hydrogen-bond donors (Lipinski definition) is 1. The van der Waals surface area contributed by atoms with Crippen molar-refractivity contribution in [3.05, 3.63) is 51.0 Å². The number of nitrogens with zero attached hydrogens (tertiary/aromatic N) is 3. The van der Waals surface area contributed by atoms with Gasteiger partial charge >= 0.3 is 18.3 Å². The van der Waals surface area contributed by atoms with Gasteiger partial charge in [-0.1, -0.05) is 23.2 Å². The van der Waals surface area contributed by atoms with Gasteiger partial charge in [-0.3, -0.25) is 14.3 Å². The van der Waals surface area contributed by atoms with E-state index in [1.54, 1.807) is 13.8 Å². The van der Waals surface area contributed by atoms with E-state index in [1.807, 2.05) is 0 Å². The summed E-state index contributed by atoms with van der Waals surface area (Å²) in [6.07, 6.45) is -11.5. The molecule has 16 heteroatoms. The van der Waals surface area contributed by atoms with Gasteiger partial charge in [0, 0.05) is 17.1 Å². The molecule has 1 atom stereocenters. The summed E-state index contributed by atoms with van der Waals surface area (Å²) in [4.78, 5) is 26.5. The van der Waals surface area contributed by atoms with Crippen LogP contribution in [0.3, 0.4) is 0 Å². The minimum Gasteiger partial charge on any atom is -0.466 e. The van der Waals surface area contributed by atoms with Crippen LogP contribution in [-0.4, -0.2) is 57.5 Å². The molecule has 0 spiro atoms. The average Bonchev–Trinajstić information content (AvgIpc) is 3.59. The third kappa shape index (κ3) is 6.67. The third-order valence-electron chi connectivity index (χ3n) is 8.51. The van der Waals surface area contributed by atoms with Crippen molar-refractivity contribution in [1.82, 2.24) is 14.7 Å². The molecule has 0 bridgehead atoms. The fourth-order valence-electron chi connectivity index (χ4n) is 5.66. The van der Waals surface area contributed by atoms with Crippen molar-refractivity contribution >= 4 is 35.1 Å². The molecule has 44 heavy (non-hydrogen) atoms. The zero-order valence-electron chi connectivity index (χ0n) is 23.7. The van der Waals surface area contributed by atoms with Crippen LogP contribution in [0.4, 0.5) is 30.7 Å². The maximum Gasteiger partial charge on any atom is 0.433 e. The lowest BCUT2D eigenvalue weighted by Gasteiger charge is -2.36. The van der Waals surface area contributed by atoms with Gasteiger partial charge < -0.3 is 14.7 Å². The molecule has 4 rings (SSSR count). The Morgan fingerprint density at radius 1 is 1.14 bits per heavy atom.